The van der Waals surface area contributed by atoms with Crippen molar-refractivity contribution < 1.29 is 9.59 Å². The molecule has 9 heteroatoms. The summed E-state index contributed by atoms with van der Waals surface area (Å²) in [6.45, 7) is 0. The smallest absolute Gasteiger partial charge is 0.268 e. The lowest BCUT2D eigenvalue weighted by Crippen LogP contribution is -2.18. The molecule has 0 spiro atoms. The van der Waals surface area contributed by atoms with Crippen molar-refractivity contribution in [3.05, 3.63) is 105 Å². The van der Waals surface area contributed by atoms with Gasteiger partial charge in [-0.05, 0) is 29.8 Å². The Hall–Kier alpha value is -4.33. The average molecular weight is 529 g/mol. The molecule has 7 nitrogen and oxygen atoms in total. The summed E-state index contributed by atoms with van der Waals surface area (Å²) in [4.78, 5) is 43.5. The van der Waals surface area contributed by atoms with Crippen LogP contribution in [-0.2, 0) is 0 Å². The Labute approximate surface area is 221 Å². The van der Waals surface area contributed by atoms with Crippen molar-refractivity contribution >= 4 is 47.2 Å². The Morgan fingerprint density at radius 1 is 0.838 bits per heavy atom. The van der Waals surface area contributed by atoms with E-state index in [2.05, 4.69) is 15.3 Å². The Morgan fingerprint density at radius 3 is 2.16 bits per heavy atom. The zero-order valence-electron chi connectivity index (χ0n) is 19.4. The first-order valence-electron chi connectivity index (χ1n) is 11.2. The van der Waals surface area contributed by atoms with Gasteiger partial charge in [0, 0.05) is 41.7 Å². The molecule has 0 bridgehead atoms. The van der Waals surface area contributed by atoms with E-state index in [4.69, 9.17) is 23.2 Å². The van der Waals surface area contributed by atoms with Crippen molar-refractivity contribution in [3.8, 4) is 33.5 Å². The van der Waals surface area contributed by atoms with Gasteiger partial charge in [-0.1, -0.05) is 59.6 Å². The minimum absolute atomic E-state index is 0.0167. The highest BCUT2D eigenvalue weighted by Crippen LogP contribution is 2.42. The van der Waals surface area contributed by atoms with E-state index in [9.17, 15) is 14.4 Å². The summed E-state index contributed by atoms with van der Waals surface area (Å²) in [5, 5.41) is 3.86. The predicted molar refractivity (Wildman–Crippen MR) is 146 cm³/mol. The van der Waals surface area contributed by atoms with Crippen LogP contribution >= 0.6 is 23.2 Å². The Kier molecular flexibility index (Phi) is 6.56. The number of halogens is 2. The maximum absolute atomic E-state index is 12.4. The second-order valence-electron chi connectivity index (χ2n) is 8.12. The molecule has 0 aliphatic carbocycles. The molecule has 5 rings (SSSR count). The van der Waals surface area contributed by atoms with Gasteiger partial charge in [0.1, 0.15) is 11.5 Å². The second kappa shape index (κ2) is 9.97. The third kappa shape index (κ3) is 4.28. The van der Waals surface area contributed by atoms with Gasteiger partial charge in [-0.25, -0.2) is 9.97 Å². The standard InChI is InChI=1S/C28H18Cl2N4O3/c1-31-27-17(14-35)8-9-23(33-27)22-7-3-6-21(26(22)30)20-5-2-4-19(25(20)29)16-10-11-34-24(12-16)32-13-18(15-36)28(34)37/h2-15H,1H3,(H,31,33). The number of carbonyl (C=O) groups excluding carboxylic acids is 2. The lowest BCUT2D eigenvalue weighted by atomic mass is 9.97. The van der Waals surface area contributed by atoms with Crippen molar-refractivity contribution in [2.75, 3.05) is 12.4 Å². The lowest BCUT2D eigenvalue weighted by Gasteiger charge is -2.15. The van der Waals surface area contributed by atoms with E-state index < -0.39 is 5.56 Å². The van der Waals surface area contributed by atoms with Crippen LogP contribution in [0.3, 0.4) is 0 Å². The van der Waals surface area contributed by atoms with E-state index in [1.807, 2.05) is 36.4 Å². The molecular formula is C28H18Cl2N4O3. The molecule has 0 saturated heterocycles. The number of pyridine rings is 2. The van der Waals surface area contributed by atoms with Crippen molar-refractivity contribution in [1.29, 1.82) is 0 Å². The summed E-state index contributed by atoms with van der Waals surface area (Å²) in [5.74, 6) is 0.457. The van der Waals surface area contributed by atoms with E-state index in [1.165, 1.54) is 10.6 Å². The van der Waals surface area contributed by atoms with Crippen molar-refractivity contribution in [2.24, 2.45) is 0 Å². The van der Waals surface area contributed by atoms with Gasteiger partial charge < -0.3 is 5.32 Å². The van der Waals surface area contributed by atoms with Gasteiger partial charge in [0.15, 0.2) is 12.6 Å². The number of aromatic nitrogens is 3. The fourth-order valence-electron chi connectivity index (χ4n) is 4.15. The number of aldehydes is 2. The highest BCUT2D eigenvalue weighted by molar-refractivity contribution is 6.39. The number of benzene rings is 2. The van der Waals surface area contributed by atoms with E-state index in [1.54, 1.807) is 37.5 Å². The van der Waals surface area contributed by atoms with Gasteiger partial charge in [-0.3, -0.25) is 18.8 Å². The van der Waals surface area contributed by atoms with Crippen LogP contribution in [0.2, 0.25) is 10.0 Å². The second-order valence-corrected chi connectivity index (χ2v) is 8.87. The summed E-state index contributed by atoms with van der Waals surface area (Å²) in [6, 6.07) is 18.1. The summed E-state index contributed by atoms with van der Waals surface area (Å²) in [6.07, 6.45) is 4.05. The predicted octanol–water partition coefficient (Wildman–Crippen LogP) is 6.06. The quantitative estimate of drug-likeness (QED) is 0.269. The molecule has 0 fully saturated rings. The highest BCUT2D eigenvalue weighted by atomic mass is 35.5. The van der Waals surface area contributed by atoms with Crippen LogP contribution in [0.1, 0.15) is 20.7 Å². The number of hydrogen-bond donors (Lipinski definition) is 1. The van der Waals surface area contributed by atoms with Gasteiger partial charge >= 0.3 is 0 Å². The number of nitrogens with zero attached hydrogens (tertiary/aromatic N) is 3. The summed E-state index contributed by atoms with van der Waals surface area (Å²) >= 11 is 13.8. The topological polar surface area (TPSA) is 93.4 Å². The monoisotopic (exact) mass is 528 g/mol. The normalized spacial score (nSPS) is 10.9. The number of carbonyl (C=O) groups is 2. The van der Waals surface area contributed by atoms with Crippen LogP contribution in [0.4, 0.5) is 5.82 Å². The number of nitrogens with one attached hydrogen (secondary N) is 1. The Bertz CT molecular complexity index is 1770. The largest absolute Gasteiger partial charge is 0.373 e. The molecule has 0 atom stereocenters. The SMILES string of the molecule is CNc1nc(-c2cccc(-c3cccc(-c4ccn5c(=O)c(C=O)cnc5c4)c3Cl)c2Cl)ccc1C=O. The number of hydrogen-bond acceptors (Lipinski definition) is 6. The van der Waals surface area contributed by atoms with E-state index in [-0.39, 0.29) is 5.56 Å². The highest BCUT2D eigenvalue weighted by Gasteiger charge is 2.17. The fourth-order valence-corrected chi connectivity index (χ4v) is 4.82. The molecule has 0 aliphatic rings. The average Bonchev–Trinajstić information content (AvgIpc) is 2.93. The molecule has 37 heavy (non-hydrogen) atoms. The van der Waals surface area contributed by atoms with Crippen LogP contribution < -0.4 is 10.9 Å². The molecule has 2 aromatic carbocycles. The van der Waals surface area contributed by atoms with Gasteiger partial charge in [-0.15, -0.1) is 0 Å². The van der Waals surface area contributed by atoms with Gasteiger partial charge in [-0.2, -0.15) is 0 Å². The maximum Gasteiger partial charge on any atom is 0.268 e. The number of anilines is 1. The summed E-state index contributed by atoms with van der Waals surface area (Å²) < 4.78 is 1.31. The van der Waals surface area contributed by atoms with Crippen molar-refractivity contribution in [2.45, 2.75) is 0 Å². The third-order valence-electron chi connectivity index (χ3n) is 6.03. The number of fused-ring (bicyclic) bond motifs is 1. The first kappa shape index (κ1) is 24.4. The summed E-state index contributed by atoms with van der Waals surface area (Å²) in [7, 11) is 1.70. The molecule has 3 aromatic heterocycles. The first-order chi connectivity index (χ1) is 18.0. The minimum Gasteiger partial charge on any atom is -0.373 e. The molecule has 0 radical (unpaired) electrons. The van der Waals surface area contributed by atoms with Crippen LogP contribution in [0.5, 0.6) is 0 Å². The molecular weight excluding hydrogens is 511 g/mol. The molecule has 182 valence electrons. The zero-order chi connectivity index (χ0) is 26.1. The van der Waals surface area contributed by atoms with Crippen LogP contribution in [0.15, 0.2) is 77.9 Å². The fraction of sp³-hybridized carbons (Fsp3) is 0.0357. The van der Waals surface area contributed by atoms with E-state index in [0.717, 1.165) is 17.4 Å². The molecule has 5 aromatic rings. The van der Waals surface area contributed by atoms with E-state index in [0.29, 0.717) is 55.7 Å². The summed E-state index contributed by atoms with van der Waals surface area (Å²) in [5.41, 5.74) is 4.57. The molecule has 0 amide bonds. The van der Waals surface area contributed by atoms with E-state index >= 15 is 0 Å². The van der Waals surface area contributed by atoms with Gasteiger partial charge in [0.2, 0.25) is 0 Å². The van der Waals surface area contributed by atoms with Crippen LogP contribution in [0.25, 0.3) is 39.2 Å². The number of rotatable bonds is 6. The molecule has 0 aliphatic heterocycles. The minimum atomic E-state index is -0.439. The van der Waals surface area contributed by atoms with Crippen molar-refractivity contribution in [3.63, 3.8) is 0 Å². The van der Waals surface area contributed by atoms with Crippen LogP contribution in [-0.4, -0.2) is 34.0 Å². The first-order valence-corrected chi connectivity index (χ1v) is 11.9. The molecule has 1 N–H and O–H groups in total. The molecule has 0 saturated carbocycles. The molecule has 3 heterocycles. The van der Waals surface area contributed by atoms with Crippen LogP contribution in [0, 0.1) is 0 Å². The molecule has 0 unspecified atom stereocenters. The lowest BCUT2D eigenvalue weighted by molar-refractivity contribution is 0.111. The van der Waals surface area contributed by atoms with Gasteiger partial charge in [0.25, 0.3) is 5.56 Å². The zero-order valence-corrected chi connectivity index (χ0v) is 20.9. The Morgan fingerprint density at radius 2 is 1.49 bits per heavy atom. The Balaban J connectivity index is 1.62. The van der Waals surface area contributed by atoms with Gasteiger partial charge in [0.05, 0.1) is 26.9 Å². The third-order valence-corrected chi connectivity index (χ3v) is 6.84. The maximum atomic E-state index is 12.4. The van der Waals surface area contributed by atoms with Crippen molar-refractivity contribution in [1.82, 2.24) is 14.4 Å².